The van der Waals surface area contributed by atoms with Crippen LogP contribution in [0.1, 0.15) is 27.7 Å². The molecule has 1 unspecified atom stereocenters. The van der Waals surface area contributed by atoms with Gasteiger partial charge in [-0.25, -0.2) is 4.79 Å². The van der Waals surface area contributed by atoms with Gasteiger partial charge in [-0.15, -0.1) is 0 Å². The lowest BCUT2D eigenvalue weighted by Gasteiger charge is -2.28. The highest BCUT2D eigenvalue weighted by molar-refractivity contribution is 5.87. The van der Waals surface area contributed by atoms with Crippen molar-refractivity contribution in [3.63, 3.8) is 0 Å². The van der Waals surface area contributed by atoms with E-state index in [1.807, 2.05) is 20.8 Å². The van der Waals surface area contributed by atoms with Gasteiger partial charge in [-0.1, -0.05) is 20.8 Å². The fraction of sp³-hybridized carbons (Fsp3) is 0.778. The number of hydrogen-bond donors (Lipinski definition) is 2. The molecule has 0 spiro atoms. The third-order valence-corrected chi connectivity index (χ3v) is 1.78. The molecule has 0 aliphatic heterocycles. The maximum atomic E-state index is 11.2. The molecule has 4 heteroatoms. The second kappa shape index (κ2) is 4.25. The molecule has 0 aromatic carbocycles. The van der Waals surface area contributed by atoms with Crippen LogP contribution in [0.5, 0.6) is 0 Å². The third kappa shape index (κ3) is 3.92. The van der Waals surface area contributed by atoms with E-state index in [4.69, 9.17) is 0 Å². The Balaban J connectivity index is 4.46. The quantitative estimate of drug-likeness (QED) is 0.673. The van der Waals surface area contributed by atoms with E-state index in [2.05, 4.69) is 10.6 Å². The van der Waals surface area contributed by atoms with Crippen LogP contribution < -0.4 is 10.6 Å². The van der Waals surface area contributed by atoms with Gasteiger partial charge in [0.05, 0.1) is 6.04 Å². The molecule has 0 heterocycles. The molecule has 0 aliphatic carbocycles. The predicted molar refractivity (Wildman–Crippen MR) is 51.5 cm³/mol. The van der Waals surface area contributed by atoms with Crippen LogP contribution in [0.25, 0.3) is 0 Å². The minimum Gasteiger partial charge on any atom is -0.341 e. The summed E-state index contributed by atoms with van der Waals surface area (Å²) in [5.41, 5.74) is -0.252. The summed E-state index contributed by atoms with van der Waals surface area (Å²) in [5, 5.41) is 5.03. The van der Waals surface area contributed by atoms with Crippen molar-refractivity contribution >= 4 is 11.8 Å². The molecule has 76 valence electrons. The van der Waals surface area contributed by atoms with Crippen LogP contribution in [0.4, 0.5) is 4.79 Å². The number of rotatable bonds is 2. The Morgan fingerprint density at radius 2 is 1.69 bits per heavy atom. The molecule has 1 atom stereocenters. The van der Waals surface area contributed by atoms with Crippen molar-refractivity contribution < 1.29 is 9.59 Å². The van der Waals surface area contributed by atoms with Gasteiger partial charge in [0.15, 0.2) is 5.78 Å². The summed E-state index contributed by atoms with van der Waals surface area (Å²) in [6.45, 7) is 7.21. The molecule has 0 aromatic rings. The molecule has 0 rings (SSSR count). The van der Waals surface area contributed by atoms with Crippen molar-refractivity contribution in [3.05, 3.63) is 0 Å². The summed E-state index contributed by atoms with van der Waals surface area (Å²) in [4.78, 5) is 22.2. The fourth-order valence-electron chi connectivity index (χ4n) is 1.13. The summed E-state index contributed by atoms with van der Waals surface area (Å²) in [7, 11) is 1.52. The van der Waals surface area contributed by atoms with Crippen molar-refractivity contribution in [2.24, 2.45) is 5.41 Å². The molecular formula is C9H18N2O2. The predicted octanol–water partition coefficient (Wildman–Crippen LogP) is 0.919. The topological polar surface area (TPSA) is 58.2 Å². The summed E-state index contributed by atoms with van der Waals surface area (Å²) in [6, 6.07) is -0.762. The van der Waals surface area contributed by atoms with Crippen LogP contribution >= 0.6 is 0 Å². The first kappa shape index (κ1) is 11.9. The van der Waals surface area contributed by atoms with Crippen LogP contribution in [-0.2, 0) is 4.79 Å². The fourth-order valence-corrected chi connectivity index (χ4v) is 1.13. The average molecular weight is 186 g/mol. The largest absolute Gasteiger partial charge is 0.341 e. The van der Waals surface area contributed by atoms with E-state index in [0.29, 0.717) is 0 Å². The van der Waals surface area contributed by atoms with Gasteiger partial charge in [0.1, 0.15) is 0 Å². The number of hydrogen-bond acceptors (Lipinski definition) is 2. The number of carbonyl (C=O) groups excluding carboxylic acids is 2. The SMILES string of the molecule is CNC(=O)NC(C(C)=O)C(C)(C)C. The van der Waals surface area contributed by atoms with E-state index in [0.717, 1.165) is 0 Å². The number of Topliss-reactive ketones (excluding diaryl/α,β-unsaturated/α-hetero) is 1. The van der Waals surface area contributed by atoms with Gasteiger partial charge in [-0.05, 0) is 12.3 Å². The van der Waals surface area contributed by atoms with Gasteiger partial charge in [-0.3, -0.25) is 4.79 Å². The molecule has 0 radical (unpaired) electrons. The van der Waals surface area contributed by atoms with Gasteiger partial charge >= 0.3 is 6.03 Å². The highest BCUT2D eigenvalue weighted by atomic mass is 16.2. The number of urea groups is 1. The van der Waals surface area contributed by atoms with Gasteiger partial charge in [0.2, 0.25) is 0 Å². The molecule has 2 amide bonds. The highest BCUT2D eigenvalue weighted by Gasteiger charge is 2.29. The van der Waals surface area contributed by atoms with Crippen LogP contribution in [0.3, 0.4) is 0 Å². The number of carbonyl (C=O) groups is 2. The molecule has 0 saturated heterocycles. The molecule has 0 bridgehead atoms. The minimum atomic E-state index is -0.438. The number of nitrogens with one attached hydrogen (secondary N) is 2. The van der Waals surface area contributed by atoms with E-state index >= 15 is 0 Å². The highest BCUT2D eigenvalue weighted by Crippen LogP contribution is 2.19. The second-order valence-electron chi connectivity index (χ2n) is 4.13. The van der Waals surface area contributed by atoms with Gasteiger partial charge < -0.3 is 10.6 Å². The lowest BCUT2D eigenvalue weighted by atomic mass is 9.84. The van der Waals surface area contributed by atoms with E-state index in [1.165, 1.54) is 14.0 Å². The first-order chi connectivity index (χ1) is 5.79. The van der Waals surface area contributed by atoms with Gasteiger partial charge in [0, 0.05) is 7.05 Å². The average Bonchev–Trinajstić information content (AvgIpc) is 1.96. The molecular weight excluding hydrogens is 168 g/mol. The minimum absolute atomic E-state index is 0.0314. The molecule has 2 N–H and O–H groups in total. The van der Waals surface area contributed by atoms with Crippen LogP contribution in [0, 0.1) is 5.41 Å². The zero-order valence-corrected chi connectivity index (χ0v) is 8.89. The van der Waals surface area contributed by atoms with Crippen molar-refractivity contribution in [2.45, 2.75) is 33.7 Å². The monoisotopic (exact) mass is 186 g/mol. The molecule has 4 nitrogen and oxygen atoms in total. The van der Waals surface area contributed by atoms with E-state index in [-0.39, 0.29) is 17.2 Å². The maximum absolute atomic E-state index is 11.2. The Bertz CT molecular complexity index is 206. The maximum Gasteiger partial charge on any atom is 0.315 e. The second-order valence-corrected chi connectivity index (χ2v) is 4.13. The van der Waals surface area contributed by atoms with Gasteiger partial charge in [-0.2, -0.15) is 0 Å². The lowest BCUT2D eigenvalue weighted by Crippen LogP contribution is -2.50. The summed E-state index contributed by atoms with van der Waals surface area (Å²) < 4.78 is 0. The third-order valence-electron chi connectivity index (χ3n) is 1.78. The van der Waals surface area contributed by atoms with Crippen molar-refractivity contribution in [1.82, 2.24) is 10.6 Å². The number of ketones is 1. The lowest BCUT2D eigenvalue weighted by molar-refractivity contribution is -0.121. The number of amides is 2. The zero-order chi connectivity index (χ0) is 10.6. The first-order valence-corrected chi connectivity index (χ1v) is 4.27. The Morgan fingerprint density at radius 1 is 1.23 bits per heavy atom. The Morgan fingerprint density at radius 3 is 1.92 bits per heavy atom. The molecule has 0 aliphatic rings. The molecule has 13 heavy (non-hydrogen) atoms. The normalized spacial score (nSPS) is 13.3. The molecule has 0 aromatic heterocycles. The van der Waals surface area contributed by atoms with Crippen LogP contribution in [0.2, 0.25) is 0 Å². The molecule has 0 saturated carbocycles. The van der Waals surface area contributed by atoms with Crippen LogP contribution in [0.15, 0.2) is 0 Å². The Kier molecular flexibility index (Phi) is 3.91. The van der Waals surface area contributed by atoms with Crippen LogP contribution in [-0.4, -0.2) is 24.9 Å². The van der Waals surface area contributed by atoms with E-state index in [1.54, 1.807) is 0 Å². The van der Waals surface area contributed by atoms with E-state index < -0.39 is 6.04 Å². The Hall–Kier alpha value is -1.06. The first-order valence-electron chi connectivity index (χ1n) is 4.27. The smallest absolute Gasteiger partial charge is 0.315 e. The molecule has 0 fully saturated rings. The van der Waals surface area contributed by atoms with Crippen molar-refractivity contribution in [3.8, 4) is 0 Å². The Labute approximate surface area is 79.1 Å². The summed E-state index contributed by atoms with van der Waals surface area (Å²) >= 11 is 0. The van der Waals surface area contributed by atoms with Crippen molar-refractivity contribution in [2.75, 3.05) is 7.05 Å². The zero-order valence-electron chi connectivity index (χ0n) is 8.89. The van der Waals surface area contributed by atoms with Crippen molar-refractivity contribution in [1.29, 1.82) is 0 Å². The van der Waals surface area contributed by atoms with E-state index in [9.17, 15) is 9.59 Å². The summed E-state index contributed by atoms with van der Waals surface area (Å²) in [6.07, 6.45) is 0. The standard InChI is InChI=1S/C9H18N2O2/c1-6(12)7(9(2,3)4)11-8(13)10-5/h7H,1-5H3,(H2,10,11,13). The van der Waals surface area contributed by atoms with Gasteiger partial charge in [0.25, 0.3) is 0 Å². The summed E-state index contributed by atoms with van der Waals surface area (Å²) in [5.74, 6) is -0.0314.